The SMILES string of the molecule is Cc1cc(-c2ccccc2)ccc1OCCCCl. The molecule has 0 aliphatic rings. The zero-order valence-corrected chi connectivity index (χ0v) is 11.3. The Morgan fingerprint density at radius 3 is 2.44 bits per heavy atom. The molecule has 94 valence electrons. The van der Waals surface area contributed by atoms with Crippen molar-refractivity contribution in [1.82, 2.24) is 0 Å². The van der Waals surface area contributed by atoms with E-state index in [2.05, 4.69) is 43.3 Å². The number of rotatable bonds is 5. The lowest BCUT2D eigenvalue weighted by Crippen LogP contribution is -1.99. The summed E-state index contributed by atoms with van der Waals surface area (Å²) < 4.78 is 5.68. The van der Waals surface area contributed by atoms with Gasteiger partial charge in [-0.25, -0.2) is 0 Å². The normalized spacial score (nSPS) is 10.3. The monoisotopic (exact) mass is 260 g/mol. The van der Waals surface area contributed by atoms with Gasteiger partial charge in [-0.05, 0) is 42.2 Å². The molecule has 2 heteroatoms. The average molecular weight is 261 g/mol. The van der Waals surface area contributed by atoms with E-state index in [-0.39, 0.29) is 0 Å². The maximum Gasteiger partial charge on any atom is 0.122 e. The van der Waals surface area contributed by atoms with E-state index < -0.39 is 0 Å². The van der Waals surface area contributed by atoms with E-state index in [1.807, 2.05) is 12.1 Å². The molecule has 0 saturated carbocycles. The summed E-state index contributed by atoms with van der Waals surface area (Å²) in [7, 11) is 0. The summed E-state index contributed by atoms with van der Waals surface area (Å²) in [5.74, 6) is 1.58. The maximum absolute atomic E-state index is 5.68. The van der Waals surface area contributed by atoms with E-state index in [0.29, 0.717) is 12.5 Å². The fraction of sp³-hybridized carbons (Fsp3) is 0.250. The zero-order chi connectivity index (χ0) is 12.8. The highest BCUT2D eigenvalue weighted by atomic mass is 35.5. The van der Waals surface area contributed by atoms with Crippen LogP contribution in [0.5, 0.6) is 5.75 Å². The topological polar surface area (TPSA) is 9.23 Å². The third kappa shape index (κ3) is 3.27. The van der Waals surface area contributed by atoms with Crippen LogP contribution in [-0.2, 0) is 0 Å². The van der Waals surface area contributed by atoms with E-state index in [4.69, 9.17) is 16.3 Å². The first kappa shape index (κ1) is 13.0. The second-order valence-electron chi connectivity index (χ2n) is 4.24. The Morgan fingerprint density at radius 2 is 1.78 bits per heavy atom. The van der Waals surface area contributed by atoms with Gasteiger partial charge >= 0.3 is 0 Å². The van der Waals surface area contributed by atoms with Crippen molar-refractivity contribution in [1.29, 1.82) is 0 Å². The Balaban J connectivity index is 2.15. The van der Waals surface area contributed by atoms with Gasteiger partial charge in [0.25, 0.3) is 0 Å². The van der Waals surface area contributed by atoms with Gasteiger partial charge in [-0.3, -0.25) is 0 Å². The molecule has 2 aromatic rings. The first-order valence-corrected chi connectivity index (χ1v) is 6.69. The Kier molecular flexibility index (Phi) is 4.66. The molecule has 2 aromatic carbocycles. The number of hydrogen-bond donors (Lipinski definition) is 0. The van der Waals surface area contributed by atoms with Crippen molar-refractivity contribution < 1.29 is 4.74 Å². The summed E-state index contributed by atoms with van der Waals surface area (Å²) in [6.45, 7) is 2.75. The standard InChI is InChI=1S/C16H17ClO/c1-13-12-15(14-6-3-2-4-7-14)8-9-16(13)18-11-5-10-17/h2-4,6-9,12H,5,10-11H2,1H3. The fourth-order valence-electron chi connectivity index (χ4n) is 1.86. The van der Waals surface area contributed by atoms with Gasteiger partial charge in [0.1, 0.15) is 5.75 Å². The smallest absolute Gasteiger partial charge is 0.122 e. The van der Waals surface area contributed by atoms with E-state index in [1.165, 1.54) is 11.1 Å². The van der Waals surface area contributed by atoms with Crippen LogP contribution in [0, 0.1) is 6.92 Å². The lowest BCUT2D eigenvalue weighted by atomic mass is 10.0. The molecule has 1 nitrogen and oxygen atoms in total. The Hall–Kier alpha value is -1.47. The molecule has 0 unspecified atom stereocenters. The first-order chi connectivity index (χ1) is 8.81. The highest BCUT2D eigenvalue weighted by molar-refractivity contribution is 6.17. The quantitative estimate of drug-likeness (QED) is 0.561. The second-order valence-corrected chi connectivity index (χ2v) is 4.62. The van der Waals surface area contributed by atoms with E-state index in [1.54, 1.807) is 0 Å². The van der Waals surface area contributed by atoms with Crippen molar-refractivity contribution in [2.75, 3.05) is 12.5 Å². The van der Waals surface area contributed by atoms with Gasteiger partial charge in [-0.15, -0.1) is 11.6 Å². The summed E-state index contributed by atoms with van der Waals surface area (Å²) in [6.07, 6.45) is 0.876. The average Bonchev–Trinajstić information content (AvgIpc) is 2.42. The van der Waals surface area contributed by atoms with Gasteiger partial charge in [0.05, 0.1) is 6.61 Å². The molecule has 0 aliphatic heterocycles. The van der Waals surface area contributed by atoms with Crippen molar-refractivity contribution in [2.24, 2.45) is 0 Å². The lowest BCUT2D eigenvalue weighted by Gasteiger charge is -2.10. The molecule has 0 aliphatic carbocycles. The number of aryl methyl sites for hydroxylation is 1. The number of benzene rings is 2. The maximum atomic E-state index is 5.68. The van der Waals surface area contributed by atoms with Crippen LogP contribution in [0.15, 0.2) is 48.5 Å². The molecule has 0 atom stereocenters. The van der Waals surface area contributed by atoms with Crippen LogP contribution in [0.4, 0.5) is 0 Å². The summed E-state index contributed by atoms with van der Waals surface area (Å²) in [6, 6.07) is 16.6. The van der Waals surface area contributed by atoms with Crippen LogP contribution in [0.3, 0.4) is 0 Å². The van der Waals surface area contributed by atoms with Crippen molar-refractivity contribution >= 4 is 11.6 Å². The van der Waals surface area contributed by atoms with E-state index >= 15 is 0 Å². The molecule has 0 heterocycles. The van der Waals surface area contributed by atoms with Crippen molar-refractivity contribution in [2.45, 2.75) is 13.3 Å². The highest BCUT2D eigenvalue weighted by Gasteiger charge is 2.02. The molecule has 18 heavy (non-hydrogen) atoms. The summed E-state index contributed by atoms with van der Waals surface area (Å²) in [5, 5.41) is 0. The van der Waals surface area contributed by atoms with E-state index in [0.717, 1.165) is 17.7 Å². The number of hydrogen-bond acceptors (Lipinski definition) is 1. The Labute approximate surface area is 113 Å². The first-order valence-electron chi connectivity index (χ1n) is 6.16. The summed E-state index contributed by atoms with van der Waals surface area (Å²) >= 11 is 5.63. The van der Waals surface area contributed by atoms with Crippen LogP contribution in [0.2, 0.25) is 0 Å². The molecule has 0 amide bonds. The van der Waals surface area contributed by atoms with Gasteiger partial charge in [-0.2, -0.15) is 0 Å². The summed E-state index contributed by atoms with van der Waals surface area (Å²) in [4.78, 5) is 0. The molecule has 0 bridgehead atoms. The third-order valence-electron chi connectivity index (χ3n) is 2.82. The van der Waals surface area contributed by atoms with Crippen molar-refractivity contribution in [3.8, 4) is 16.9 Å². The third-order valence-corrected chi connectivity index (χ3v) is 3.08. The van der Waals surface area contributed by atoms with Gasteiger partial charge in [-0.1, -0.05) is 36.4 Å². The lowest BCUT2D eigenvalue weighted by molar-refractivity contribution is 0.316. The van der Waals surface area contributed by atoms with Gasteiger partial charge < -0.3 is 4.74 Å². The molecule has 0 spiro atoms. The van der Waals surface area contributed by atoms with Crippen molar-refractivity contribution in [3.63, 3.8) is 0 Å². The molecule has 0 saturated heterocycles. The van der Waals surface area contributed by atoms with Gasteiger partial charge in [0, 0.05) is 5.88 Å². The number of alkyl halides is 1. The summed E-state index contributed by atoms with van der Waals surface area (Å²) in [5.41, 5.74) is 3.61. The highest BCUT2D eigenvalue weighted by Crippen LogP contribution is 2.26. The Morgan fingerprint density at radius 1 is 1.00 bits per heavy atom. The van der Waals surface area contributed by atoms with Crippen LogP contribution < -0.4 is 4.74 Å². The minimum Gasteiger partial charge on any atom is -0.493 e. The van der Waals surface area contributed by atoms with E-state index in [9.17, 15) is 0 Å². The fourth-order valence-corrected chi connectivity index (χ4v) is 1.97. The minimum absolute atomic E-state index is 0.640. The van der Waals surface area contributed by atoms with Crippen LogP contribution in [0.25, 0.3) is 11.1 Å². The van der Waals surface area contributed by atoms with Gasteiger partial charge in [0.2, 0.25) is 0 Å². The molecular weight excluding hydrogens is 244 g/mol. The largest absolute Gasteiger partial charge is 0.493 e. The van der Waals surface area contributed by atoms with Crippen LogP contribution >= 0.6 is 11.6 Å². The molecule has 0 radical (unpaired) electrons. The van der Waals surface area contributed by atoms with Crippen LogP contribution in [-0.4, -0.2) is 12.5 Å². The Bertz CT molecular complexity index is 494. The second kappa shape index (κ2) is 6.46. The molecule has 0 fully saturated rings. The molecule has 2 rings (SSSR count). The molecule has 0 N–H and O–H groups in total. The predicted octanol–water partition coefficient (Wildman–Crippen LogP) is 4.67. The zero-order valence-electron chi connectivity index (χ0n) is 10.5. The number of ether oxygens (including phenoxy) is 1. The predicted molar refractivity (Wildman–Crippen MR) is 77.4 cm³/mol. The minimum atomic E-state index is 0.640. The number of halogens is 1. The van der Waals surface area contributed by atoms with Crippen molar-refractivity contribution in [3.05, 3.63) is 54.1 Å². The van der Waals surface area contributed by atoms with Crippen LogP contribution in [0.1, 0.15) is 12.0 Å². The molecule has 0 aromatic heterocycles. The molecular formula is C16H17ClO. The van der Waals surface area contributed by atoms with Gasteiger partial charge in [0.15, 0.2) is 0 Å².